The SMILES string of the molecule is CC(C(=O)c1ccc(O)cc1)[n+]1ccccc1.[Br-]. The van der Waals surface area contributed by atoms with Gasteiger partial charge in [-0.2, -0.15) is 4.57 Å². The zero-order valence-corrected chi connectivity index (χ0v) is 11.5. The van der Waals surface area contributed by atoms with Crippen molar-refractivity contribution in [1.29, 1.82) is 0 Å². The van der Waals surface area contributed by atoms with Crippen LogP contribution in [0.3, 0.4) is 0 Å². The molecule has 3 nitrogen and oxygen atoms in total. The molecule has 1 heterocycles. The number of nitrogens with zero attached hydrogens (tertiary/aromatic N) is 1. The lowest BCUT2D eigenvalue weighted by molar-refractivity contribution is -0.704. The summed E-state index contributed by atoms with van der Waals surface area (Å²) in [5.41, 5.74) is 0.603. The molecule has 0 saturated carbocycles. The number of aromatic nitrogens is 1. The lowest BCUT2D eigenvalue weighted by atomic mass is 10.1. The lowest BCUT2D eigenvalue weighted by Crippen LogP contribution is -3.00. The monoisotopic (exact) mass is 307 g/mol. The van der Waals surface area contributed by atoms with Gasteiger partial charge in [0, 0.05) is 24.6 Å². The van der Waals surface area contributed by atoms with Gasteiger partial charge in [0.05, 0.1) is 0 Å². The quantitative estimate of drug-likeness (QED) is 0.591. The molecule has 4 heteroatoms. The minimum absolute atomic E-state index is 0. The Bertz CT molecular complexity index is 511. The van der Waals surface area contributed by atoms with Gasteiger partial charge in [-0.1, -0.05) is 6.07 Å². The molecule has 1 aromatic carbocycles. The third kappa shape index (κ3) is 3.17. The number of hydrogen-bond donors (Lipinski definition) is 1. The fourth-order valence-corrected chi connectivity index (χ4v) is 1.67. The predicted octanol–water partition coefficient (Wildman–Crippen LogP) is -0.872. The number of phenols is 1. The van der Waals surface area contributed by atoms with Crippen LogP contribution in [0, 0.1) is 0 Å². The largest absolute Gasteiger partial charge is 1.00 e. The summed E-state index contributed by atoms with van der Waals surface area (Å²) >= 11 is 0. The molecule has 0 bridgehead atoms. The number of aromatic hydroxyl groups is 1. The minimum atomic E-state index is -0.249. The van der Waals surface area contributed by atoms with Crippen LogP contribution in [-0.2, 0) is 0 Å². The van der Waals surface area contributed by atoms with E-state index in [2.05, 4.69) is 0 Å². The van der Waals surface area contributed by atoms with Crippen molar-refractivity contribution in [2.75, 3.05) is 0 Å². The Morgan fingerprint density at radius 1 is 1.11 bits per heavy atom. The molecule has 0 aliphatic rings. The number of hydrogen-bond acceptors (Lipinski definition) is 2. The van der Waals surface area contributed by atoms with Crippen LogP contribution in [0.15, 0.2) is 54.9 Å². The fraction of sp³-hybridized carbons (Fsp3) is 0.143. The van der Waals surface area contributed by atoms with Crippen molar-refractivity contribution in [3.8, 4) is 5.75 Å². The third-order valence-electron chi connectivity index (χ3n) is 2.72. The Hall–Kier alpha value is -1.68. The van der Waals surface area contributed by atoms with Crippen molar-refractivity contribution < 1.29 is 31.4 Å². The summed E-state index contributed by atoms with van der Waals surface area (Å²) in [7, 11) is 0. The van der Waals surface area contributed by atoms with Crippen LogP contribution in [0.5, 0.6) is 5.75 Å². The Morgan fingerprint density at radius 2 is 1.67 bits per heavy atom. The summed E-state index contributed by atoms with van der Waals surface area (Å²) in [6.45, 7) is 1.86. The summed E-state index contributed by atoms with van der Waals surface area (Å²) in [6.07, 6.45) is 3.73. The van der Waals surface area contributed by atoms with Crippen molar-refractivity contribution in [3.63, 3.8) is 0 Å². The molecule has 1 unspecified atom stereocenters. The molecule has 0 radical (unpaired) electrons. The molecule has 0 saturated heterocycles. The smallest absolute Gasteiger partial charge is 0.230 e. The molecule has 1 aromatic heterocycles. The van der Waals surface area contributed by atoms with E-state index in [9.17, 15) is 9.90 Å². The topological polar surface area (TPSA) is 41.2 Å². The zero-order valence-electron chi connectivity index (χ0n) is 9.95. The number of pyridine rings is 1. The third-order valence-corrected chi connectivity index (χ3v) is 2.72. The number of carbonyl (C=O) groups is 1. The molecular weight excluding hydrogens is 294 g/mol. The number of Topliss-reactive ketones (excluding diaryl/α,β-unsaturated/α-hetero) is 1. The fourth-order valence-electron chi connectivity index (χ4n) is 1.67. The summed E-state index contributed by atoms with van der Waals surface area (Å²) in [4.78, 5) is 12.2. The second kappa shape index (κ2) is 6.31. The Kier molecular flexibility index (Phi) is 5.04. The first-order valence-corrected chi connectivity index (χ1v) is 5.47. The zero-order chi connectivity index (χ0) is 12.3. The van der Waals surface area contributed by atoms with Gasteiger partial charge in [-0.15, -0.1) is 0 Å². The number of halogens is 1. The number of benzene rings is 1. The van der Waals surface area contributed by atoms with Crippen molar-refractivity contribution in [3.05, 3.63) is 60.4 Å². The number of phenolic OH excluding ortho intramolecular Hbond substituents is 1. The average molecular weight is 308 g/mol. The van der Waals surface area contributed by atoms with Gasteiger partial charge in [-0.3, -0.25) is 4.79 Å². The van der Waals surface area contributed by atoms with Gasteiger partial charge in [0.2, 0.25) is 11.8 Å². The second-order valence-corrected chi connectivity index (χ2v) is 3.91. The van der Waals surface area contributed by atoms with E-state index >= 15 is 0 Å². The van der Waals surface area contributed by atoms with Gasteiger partial charge in [-0.25, -0.2) is 0 Å². The molecule has 1 N–H and O–H groups in total. The number of carbonyl (C=O) groups excluding carboxylic acids is 1. The maximum atomic E-state index is 12.2. The summed E-state index contributed by atoms with van der Waals surface area (Å²) < 4.78 is 1.86. The number of rotatable bonds is 3. The standard InChI is InChI=1S/C14H13NO2.BrH/c1-11(15-9-3-2-4-10-15)14(17)12-5-7-13(16)8-6-12;/h2-11H,1H3;1H. The first-order chi connectivity index (χ1) is 8.18. The van der Waals surface area contributed by atoms with Crippen LogP contribution in [0.25, 0.3) is 0 Å². The van der Waals surface area contributed by atoms with Crippen LogP contribution in [0.2, 0.25) is 0 Å². The van der Waals surface area contributed by atoms with Crippen LogP contribution in [0.4, 0.5) is 0 Å². The van der Waals surface area contributed by atoms with Gasteiger partial charge < -0.3 is 22.1 Å². The molecule has 0 spiro atoms. The molecule has 0 aliphatic carbocycles. The van der Waals surface area contributed by atoms with Crippen LogP contribution >= 0.6 is 0 Å². The highest BCUT2D eigenvalue weighted by atomic mass is 79.9. The summed E-state index contributed by atoms with van der Waals surface area (Å²) in [5, 5.41) is 9.18. The average Bonchev–Trinajstić information content (AvgIpc) is 2.39. The normalized spacial score (nSPS) is 11.4. The number of ketones is 1. The molecule has 0 amide bonds. The van der Waals surface area contributed by atoms with Gasteiger partial charge in [-0.05, 0) is 24.3 Å². The lowest BCUT2D eigenvalue weighted by Gasteiger charge is -2.06. The minimum Gasteiger partial charge on any atom is -1.00 e. The predicted molar refractivity (Wildman–Crippen MR) is 63.8 cm³/mol. The summed E-state index contributed by atoms with van der Waals surface area (Å²) in [5.74, 6) is 0.197. The maximum absolute atomic E-state index is 12.2. The van der Waals surface area contributed by atoms with Gasteiger partial charge in [0.25, 0.3) is 0 Å². The van der Waals surface area contributed by atoms with E-state index in [1.54, 1.807) is 12.1 Å². The van der Waals surface area contributed by atoms with Gasteiger partial charge >= 0.3 is 0 Å². The highest BCUT2D eigenvalue weighted by molar-refractivity contribution is 5.97. The van der Waals surface area contributed by atoms with Crippen LogP contribution in [-0.4, -0.2) is 10.9 Å². The Labute approximate surface area is 116 Å². The van der Waals surface area contributed by atoms with Crippen molar-refractivity contribution in [1.82, 2.24) is 0 Å². The van der Waals surface area contributed by atoms with Crippen LogP contribution < -0.4 is 21.5 Å². The molecule has 1 atom stereocenters. The van der Waals surface area contributed by atoms with Gasteiger partial charge in [0.15, 0.2) is 12.4 Å². The maximum Gasteiger partial charge on any atom is 0.230 e. The molecule has 94 valence electrons. The van der Waals surface area contributed by atoms with E-state index in [1.165, 1.54) is 12.1 Å². The van der Waals surface area contributed by atoms with E-state index in [4.69, 9.17) is 0 Å². The van der Waals surface area contributed by atoms with E-state index in [-0.39, 0.29) is 34.6 Å². The highest BCUT2D eigenvalue weighted by Gasteiger charge is 2.22. The van der Waals surface area contributed by atoms with Crippen LogP contribution in [0.1, 0.15) is 23.3 Å². The second-order valence-electron chi connectivity index (χ2n) is 3.91. The van der Waals surface area contributed by atoms with Crippen molar-refractivity contribution >= 4 is 5.78 Å². The van der Waals surface area contributed by atoms with E-state index in [0.29, 0.717) is 5.56 Å². The molecule has 18 heavy (non-hydrogen) atoms. The highest BCUT2D eigenvalue weighted by Crippen LogP contribution is 2.13. The molecule has 2 aromatic rings. The first kappa shape index (κ1) is 14.4. The Morgan fingerprint density at radius 3 is 2.22 bits per heavy atom. The van der Waals surface area contributed by atoms with E-state index in [1.807, 2.05) is 42.1 Å². The van der Waals surface area contributed by atoms with E-state index < -0.39 is 0 Å². The molecule has 0 aliphatic heterocycles. The van der Waals surface area contributed by atoms with Crippen molar-refractivity contribution in [2.45, 2.75) is 13.0 Å². The van der Waals surface area contributed by atoms with Crippen molar-refractivity contribution in [2.24, 2.45) is 0 Å². The summed E-state index contributed by atoms with van der Waals surface area (Å²) in [6, 6.07) is 11.8. The molecule has 2 rings (SSSR count). The molecular formula is C14H14BrNO2. The Balaban J connectivity index is 0.00000162. The van der Waals surface area contributed by atoms with Gasteiger partial charge in [0.1, 0.15) is 5.75 Å². The first-order valence-electron chi connectivity index (χ1n) is 5.47. The van der Waals surface area contributed by atoms with E-state index in [0.717, 1.165) is 0 Å². The molecule has 0 fully saturated rings.